The quantitative estimate of drug-likeness (QED) is 0.364. The first-order valence-electron chi connectivity index (χ1n) is 3.20. The molecule has 0 heterocycles. The average molecular weight is 159 g/mol. The van der Waals surface area contributed by atoms with Gasteiger partial charge in [-0.2, -0.15) is 5.10 Å². The number of hydrogen-bond acceptors (Lipinski definition) is 2. The molecule has 58 valence electrons. The van der Waals surface area contributed by atoms with Crippen molar-refractivity contribution in [1.82, 2.24) is 5.43 Å². The van der Waals surface area contributed by atoms with Gasteiger partial charge in [0.25, 0.3) is 0 Å². The zero-order valence-electron chi connectivity index (χ0n) is 6.29. The summed E-state index contributed by atoms with van der Waals surface area (Å²) in [6, 6.07) is 0. The lowest BCUT2D eigenvalue weighted by Crippen LogP contribution is -2.24. The molecule has 0 rings (SSSR count). The molecule has 0 aromatic carbocycles. The van der Waals surface area contributed by atoms with Gasteiger partial charge in [-0.1, -0.05) is 13.8 Å². The SMILES string of the molecule is CC(C)C/C=N\NC(N)=S. The Kier molecular flexibility index (Phi) is 4.84. The molecule has 3 N–H and O–H groups in total. The molecule has 0 fully saturated rings. The predicted octanol–water partition coefficient (Wildman–Crippen LogP) is 0.852. The van der Waals surface area contributed by atoms with Crippen LogP contribution >= 0.6 is 12.2 Å². The van der Waals surface area contributed by atoms with Gasteiger partial charge in [-0.05, 0) is 24.6 Å². The third kappa shape index (κ3) is 7.36. The van der Waals surface area contributed by atoms with E-state index in [0.29, 0.717) is 5.92 Å². The molecular weight excluding hydrogens is 146 g/mol. The second-order valence-corrected chi connectivity index (χ2v) is 2.86. The first-order valence-corrected chi connectivity index (χ1v) is 3.60. The van der Waals surface area contributed by atoms with Crippen LogP contribution in [0.25, 0.3) is 0 Å². The third-order valence-electron chi connectivity index (χ3n) is 0.843. The van der Waals surface area contributed by atoms with Gasteiger partial charge in [0.1, 0.15) is 0 Å². The maximum absolute atomic E-state index is 5.12. The molecule has 10 heavy (non-hydrogen) atoms. The van der Waals surface area contributed by atoms with E-state index in [-0.39, 0.29) is 5.11 Å². The van der Waals surface area contributed by atoms with Gasteiger partial charge in [0.05, 0.1) is 0 Å². The molecule has 3 nitrogen and oxygen atoms in total. The smallest absolute Gasteiger partial charge is 0.184 e. The van der Waals surface area contributed by atoms with Crippen LogP contribution in [-0.4, -0.2) is 11.3 Å². The van der Waals surface area contributed by atoms with Gasteiger partial charge in [0, 0.05) is 6.21 Å². The van der Waals surface area contributed by atoms with Gasteiger partial charge in [-0.15, -0.1) is 0 Å². The van der Waals surface area contributed by atoms with Gasteiger partial charge >= 0.3 is 0 Å². The van der Waals surface area contributed by atoms with Crippen molar-refractivity contribution in [3.8, 4) is 0 Å². The molecule has 0 aromatic heterocycles. The minimum Gasteiger partial charge on any atom is -0.375 e. The van der Waals surface area contributed by atoms with E-state index in [4.69, 9.17) is 5.73 Å². The lowest BCUT2D eigenvalue weighted by Gasteiger charge is -1.96. The fourth-order valence-corrected chi connectivity index (χ4v) is 0.425. The standard InChI is InChI=1S/C6H13N3S/c1-5(2)3-4-8-9-6(7)10/h4-5H,3H2,1-2H3,(H3,7,9,10)/b8-4-. The summed E-state index contributed by atoms with van der Waals surface area (Å²) >= 11 is 4.53. The van der Waals surface area contributed by atoms with Gasteiger partial charge in [-0.25, -0.2) is 0 Å². The highest BCUT2D eigenvalue weighted by molar-refractivity contribution is 7.80. The van der Waals surface area contributed by atoms with E-state index < -0.39 is 0 Å². The summed E-state index contributed by atoms with van der Waals surface area (Å²) in [7, 11) is 0. The molecule has 0 saturated heterocycles. The highest BCUT2D eigenvalue weighted by atomic mass is 32.1. The molecule has 0 aromatic rings. The van der Waals surface area contributed by atoms with Gasteiger partial charge < -0.3 is 5.73 Å². The Morgan fingerprint density at radius 3 is 2.80 bits per heavy atom. The van der Waals surface area contributed by atoms with E-state index in [1.165, 1.54) is 0 Å². The van der Waals surface area contributed by atoms with Crippen LogP contribution in [0.3, 0.4) is 0 Å². The Balaban J connectivity index is 3.29. The normalized spacial score (nSPS) is 10.7. The summed E-state index contributed by atoms with van der Waals surface area (Å²) in [5.41, 5.74) is 7.60. The van der Waals surface area contributed by atoms with Crippen molar-refractivity contribution < 1.29 is 0 Å². The highest BCUT2D eigenvalue weighted by Crippen LogP contribution is 1.93. The summed E-state index contributed by atoms with van der Waals surface area (Å²) in [5, 5.41) is 3.98. The zero-order valence-corrected chi connectivity index (χ0v) is 7.11. The number of rotatable bonds is 3. The van der Waals surface area contributed by atoms with Gasteiger partial charge in [-0.3, -0.25) is 5.43 Å². The molecule has 0 spiro atoms. The van der Waals surface area contributed by atoms with Crippen molar-refractivity contribution in [2.45, 2.75) is 20.3 Å². The van der Waals surface area contributed by atoms with Crippen LogP contribution in [0.2, 0.25) is 0 Å². The number of hydrazone groups is 1. The summed E-state index contributed by atoms with van der Waals surface area (Å²) < 4.78 is 0. The number of nitrogens with two attached hydrogens (primary N) is 1. The van der Waals surface area contributed by atoms with E-state index in [2.05, 4.69) is 36.6 Å². The Labute approximate surface area is 66.7 Å². The lowest BCUT2D eigenvalue weighted by molar-refractivity contribution is 0.688. The van der Waals surface area contributed by atoms with Crippen LogP contribution in [0, 0.1) is 5.92 Å². The number of nitrogens with one attached hydrogen (secondary N) is 1. The molecule has 0 bridgehead atoms. The second-order valence-electron chi connectivity index (χ2n) is 2.42. The van der Waals surface area contributed by atoms with Crippen LogP contribution < -0.4 is 11.2 Å². The fourth-order valence-electron chi connectivity index (χ4n) is 0.373. The summed E-state index contributed by atoms with van der Waals surface area (Å²) in [5.74, 6) is 0.622. The third-order valence-corrected chi connectivity index (χ3v) is 0.934. The Bertz CT molecular complexity index is 131. The van der Waals surface area contributed by atoms with E-state index in [0.717, 1.165) is 6.42 Å². The minimum absolute atomic E-state index is 0.208. The molecular formula is C6H13N3S. The van der Waals surface area contributed by atoms with Crippen LogP contribution in [0.1, 0.15) is 20.3 Å². The summed E-state index contributed by atoms with van der Waals surface area (Å²) in [6.45, 7) is 4.24. The Morgan fingerprint density at radius 2 is 2.40 bits per heavy atom. The average Bonchev–Trinajstić information content (AvgIpc) is 1.79. The van der Waals surface area contributed by atoms with Gasteiger partial charge in [0.2, 0.25) is 0 Å². The lowest BCUT2D eigenvalue weighted by atomic mass is 10.2. The van der Waals surface area contributed by atoms with Crippen molar-refractivity contribution in [2.75, 3.05) is 0 Å². The molecule has 0 saturated carbocycles. The van der Waals surface area contributed by atoms with Crippen LogP contribution in [0.15, 0.2) is 5.10 Å². The molecule has 0 atom stereocenters. The second kappa shape index (κ2) is 5.17. The predicted molar refractivity (Wildman–Crippen MR) is 47.9 cm³/mol. The van der Waals surface area contributed by atoms with Crippen molar-refractivity contribution in [2.24, 2.45) is 16.8 Å². The van der Waals surface area contributed by atoms with E-state index >= 15 is 0 Å². The molecule has 0 amide bonds. The number of nitrogens with zero attached hydrogens (tertiary/aromatic N) is 1. The highest BCUT2D eigenvalue weighted by Gasteiger charge is 1.87. The zero-order chi connectivity index (χ0) is 7.98. The van der Waals surface area contributed by atoms with E-state index in [1.807, 2.05) is 0 Å². The fraction of sp³-hybridized carbons (Fsp3) is 0.667. The molecule has 4 heteroatoms. The summed E-state index contributed by atoms with van der Waals surface area (Å²) in [4.78, 5) is 0. The van der Waals surface area contributed by atoms with Crippen LogP contribution in [0.4, 0.5) is 0 Å². The number of hydrogen-bond donors (Lipinski definition) is 2. The molecule has 0 aliphatic heterocycles. The first-order chi connectivity index (χ1) is 4.63. The maximum atomic E-state index is 5.12. The van der Waals surface area contributed by atoms with Crippen LogP contribution in [0.5, 0.6) is 0 Å². The first kappa shape index (κ1) is 9.36. The monoisotopic (exact) mass is 159 g/mol. The van der Waals surface area contributed by atoms with Crippen LogP contribution in [-0.2, 0) is 0 Å². The van der Waals surface area contributed by atoms with E-state index in [9.17, 15) is 0 Å². The molecule has 0 aliphatic carbocycles. The Morgan fingerprint density at radius 1 is 1.80 bits per heavy atom. The van der Waals surface area contributed by atoms with E-state index in [1.54, 1.807) is 6.21 Å². The maximum Gasteiger partial charge on any atom is 0.184 e. The minimum atomic E-state index is 0.208. The topological polar surface area (TPSA) is 50.4 Å². The van der Waals surface area contributed by atoms with Crippen molar-refractivity contribution in [3.05, 3.63) is 0 Å². The molecule has 0 radical (unpaired) electrons. The summed E-state index contributed by atoms with van der Waals surface area (Å²) in [6.07, 6.45) is 2.71. The largest absolute Gasteiger partial charge is 0.375 e. The van der Waals surface area contributed by atoms with Gasteiger partial charge in [0.15, 0.2) is 5.11 Å². The van der Waals surface area contributed by atoms with Crippen molar-refractivity contribution in [3.63, 3.8) is 0 Å². The van der Waals surface area contributed by atoms with Crippen molar-refractivity contribution in [1.29, 1.82) is 0 Å². The van der Waals surface area contributed by atoms with Crippen molar-refractivity contribution >= 4 is 23.5 Å². The molecule has 0 aliphatic rings. The molecule has 0 unspecified atom stereocenters. The number of thiocarbonyl (C=S) groups is 1. The Hall–Kier alpha value is -0.640.